The van der Waals surface area contributed by atoms with E-state index < -0.39 is 17.6 Å². The number of para-hydroxylation sites is 2. The summed E-state index contributed by atoms with van der Waals surface area (Å²) < 4.78 is 47.5. The smallest absolute Gasteiger partial charge is 0.416 e. The largest absolute Gasteiger partial charge is 0.493 e. The number of rotatable bonds is 6. The Morgan fingerprint density at radius 3 is 2.69 bits per heavy atom. The van der Waals surface area contributed by atoms with Crippen LogP contribution in [0.25, 0.3) is 16.7 Å². The number of halogens is 3. The first-order chi connectivity index (χ1) is 15.3. The quantitative estimate of drug-likeness (QED) is 0.489. The number of hydrogen-bond acceptors (Lipinski definition) is 4. The Bertz CT molecular complexity index is 1280. The van der Waals surface area contributed by atoms with E-state index in [0.717, 1.165) is 29.0 Å². The van der Waals surface area contributed by atoms with Crippen LogP contribution in [0.15, 0.2) is 54.7 Å². The molecule has 0 radical (unpaired) electrons. The first kappa shape index (κ1) is 21.4. The van der Waals surface area contributed by atoms with Crippen molar-refractivity contribution in [2.24, 2.45) is 0 Å². The van der Waals surface area contributed by atoms with Gasteiger partial charge >= 0.3 is 6.18 Å². The van der Waals surface area contributed by atoms with Crippen molar-refractivity contribution >= 4 is 16.9 Å². The number of nitrogens with one attached hydrogen (secondary N) is 1. The molecule has 4 aromatic rings. The lowest BCUT2D eigenvalue weighted by Crippen LogP contribution is -2.28. The highest BCUT2D eigenvalue weighted by Gasteiger charge is 2.30. The minimum atomic E-state index is -4.48. The summed E-state index contributed by atoms with van der Waals surface area (Å²) in [5.41, 5.74) is 1.18. The van der Waals surface area contributed by atoms with Crippen molar-refractivity contribution < 1.29 is 22.7 Å². The Kier molecular flexibility index (Phi) is 5.60. The topological polar surface area (TPSA) is 74.0 Å². The first-order valence-electron chi connectivity index (χ1n) is 9.79. The second-order valence-corrected chi connectivity index (χ2v) is 7.09. The van der Waals surface area contributed by atoms with E-state index in [-0.39, 0.29) is 17.1 Å². The molecule has 0 bridgehead atoms. The third-order valence-electron chi connectivity index (χ3n) is 5.02. The van der Waals surface area contributed by atoms with Crippen LogP contribution < -0.4 is 10.1 Å². The maximum absolute atomic E-state index is 13.0. The highest BCUT2D eigenvalue weighted by molar-refractivity contribution is 5.95. The summed E-state index contributed by atoms with van der Waals surface area (Å²) in [5, 5.41) is 6.93. The van der Waals surface area contributed by atoms with Crippen molar-refractivity contribution in [3.63, 3.8) is 0 Å². The number of aromatic nitrogens is 4. The van der Waals surface area contributed by atoms with Gasteiger partial charge in [0, 0.05) is 13.1 Å². The predicted molar refractivity (Wildman–Crippen MR) is 112 cm³/mol. The summed E-state index contributed by atoms with van der Waals surface area (Å²) in [6.07, 6.45) is -3.11. The van der Waals surface area contributed by atoms with Gasteiger partial charge in [-0.05, 0) is 37.3 Å². The first-order valence-corrected chi connectivity index (χ1v) is 9.79. The zero-order chi connectivity index (χ0) is 22.9. The predicted octanol–water partition coefficient (Wildman–Crippen LogP) is 3.99. The molecule has 2 aromatic heterocycles. The Hall–Kier alpha value is -3.82. The average Bonchev–Trinajstić information content (AvgIpc) is 3.34. The van der Waals surface area contributed by atoms with Gasteiger partial charge in [0.25, 0.3) is 5.91 Å². The summed E-state index contributed by atoms with van der Waals surface area (Å²) in [6, 6.07) is 12.4. The molecular weight excluding hydrogens is 423 g/mol. The number of benzene rings is 2. The fourth-order valence-corrected chi connectivity index (χ4v) is 3.46. The lowest BCUT2D eigenvalue weighted by atomic mass is 10.2. The molecule has 0 aliphatic rings. The molecule has 1 amide bonds. The monoisotopic (exact) mass is 443 g/mol. The third-order valence-corrected chi connectivity index (χ3v) is 5.02. The van der Waals surface area contributed by atoms with Gasteiger partial charge in [-0.3, -0.25) is 4.79 Å². The van der Waals surface area contributed by atoms with E-state index in [9.17, 15) is 18.0 Å². The molecule has 0 aliphatic carbocycles. The Labute approximate surface area is 181 Å². The summed E-state index contributed by atoms with van der Waals surface area (Å²) in [6.45, 7) is 2.69. The number of imidazole rings is 1. The Balaban J connectivity index is 1.51. The molecule has 0 aliphatic heterocycles. The van der Waals surface area contributed by atoms with Crippen LogP contribution in [0.5, 0.6) is 5.75 Å². The van der Waals surface area contributed by atoms with Crippen molar-refractivity contribution in [3.8, 4) is 11.4 Å². The standard InChI is InChI=1S/C22H20F3N5O2/c1-14-27-17-8-3-4-9-18(17)29(14)11-10-26-21(31)20-19(32-2)13-30(28-20)16-7-5-6-15(12-16)22(23,24)25/h3-9,12-13H,10-11H2,1-2H3,(H,26,31). The number of methoxy groups -OCH3 is 1. The minimum absolute atomic E-state index is 0.0166. The van der Waals surface area contributed by atoms with Crippen LogP contribution >= 0.6 is 0 Å². The molecule has 1 N–H and O–H groups in total. The molecule has 4 rings (SSSR count). The van der Waals surface area contributed by atoms with Crippen molar-refractivity contribution in [2.75, 3.05) is 13.7 Å². The number of fused-ring (bicyclic) bond motifs is 1. The van der Waals surface area contributed by atoms with Crippen LogP contribution in [0, 0.1) is 6.92 Å². The van der Waals surface area contributed by atoms with Gasteiger partial charge in [-0.25, -0.2) is 9.67 Å². The summed E-state index contributed by atoms with van der Waals surface area (Å²) in [7, 11) is 1.37. The van der Waals surface area contributed by atoms with E-state index in [0.29, 0.717) is 13.1 Å². The van der Waals surface area contributed by atoms with E-state index >= 15 is 0 Å². The number of amides is 1. The summed E-state index contributed by atoms with van der Waals surface area (Å²) in [5.74, 6) is 0.491. The summed E-state index contributed by atoms with van der Waals surface area (Å²) >= 11 is 0. The molecule has 2 heterocycles. The normalized spacial score (nSPS) is 11.7. The van der Waals surface area contributed by atoms with Gasteiger partial charge in [0.15, 0.2) is 11.4 Å². The molecule has 10 heteroatoms. The van der Waals surface area contributed by atoms with E-state index in [4.69, 9.17) is 4.74 Å². The van der Waals surface area contributed by atoms with Gasteiger partial charge < -0.3 is 14.6 Å². The molecule has 166 valence electrons. The highest BCUT2D eigenvalue weighted by Crippen LogP contribution is 2.30. The van der Waals surface area contributed by atoms with Crippen molar-refractivity contribution in [1.29, 1.82) is 0 Å². The van der Waals surface area contributed by atoms with E-state index in [2.05, 4.69) is 15.4 Å². The Morgan fingerprint density at radius 2 is 1.94 bits per heavy atom. The number of aryl methyl sites for hydroxylation is 1. The van der Waals surface area contributed by atoms with Crippen molar-refractivity contribution in [3.05, 3.63) is 71.8 Å². The van der Waals surface area contributed by atoms with Gasteiger partial charge in [-0.1, -0.05) is 18.2 Å². The lowest BCUT2D eigenvalue weighted by molar-refractivity contribution is -0.137. The van der Waals surface area contributed by atoms with Crippen molar-refractivity contribution in [2.45, 2.75) is 19.6 Å². The number of alkyl halides is 3. The van der Waals surface area contributed by atoms with Crippen LogP contribution in [0.3, 0.4) is 0 Å². The van der Waals surface area contributed by atoms with E-state index in [1.165, 1.54) is 30.1 Å². The van der Waals surface area contributed by atoms with Crippen LogP contribution in [-0.4, -0.2) is 38.9 Å². The van der Waals surface area contributed by atoms with Crippen LogP contribution in [-0.2, 0) is 12.7 Å². The molecule has 32 heavy (non-hydrogen) atoms. The SMILES string of the molecule is COc1cn(-c2cccc(C(F)(F)F)c2)nc1C(=O)NCCn1c(C)nc2ccccc21. The third kappa shape index (κ3) is 4.16. The van der Waals surface area contributed by atoms with E-state index in [1.807, 2.05) is 35.8 Å². The molecule has 2 aromatic carbocycles. The van der Waals surface area contributed by atoms with Gasteiger partial charge in [0.2, 0.25) is 0 Å². The van der Waals surface area contributed by atoms with Crippen LogP contribution in [0.1, 0.15) is 21.9 Å². The van der Waals surface area contributed by atoms with E-state index in [1.54, 1.807) is 0 Å². The lowest BCUT2D eigenvalue weighted by Gasteiger charge is -2.09. The molecule has 7 nitrogen and oxygen atoms in total. The maximum atomic E-state index is 13.0. The minimum Gasteiger partial charge on any atom is -0.493 e. The molecule has 0 atom stereocenters. The number of carbonyl (C=O) groups is 1. The maximum Gasteiger partial charge on any atom is 0.416 e. The van der Waals surface area contributed by atoms with Crippen LogP contribution in [0.2, 0.25) is 0 Å². The number of hydrogen-bond donors (Lipinski definition) is 1. The Morgan fingerprint density at radius 1 is 1.16 bits per heavy atom. The van der Waals surface area contributed by atoms with Crippen LogP contribution in [0.4, 0.5) is 13.2 Å². The van der Waals surface area contributed by atoms with Gasteiger partial charge in [0.1, 0.15) is 5.82 Å². The number of carbonyl (C=O) groups excluding carboxylic acids is 1. The zero-order valence-corrected chi connectivity index (χ0v) is 17.3. The zero-order valence-electron chi connectivity index (χ0n) is 17.3. The molecule has 0 spiro atoms. The van der Waals surface area contributed by atoms with Crippen molar-refractivity contribution in [1.82, 2.24) is 24.6 Å². The second-order valence-electron chi connectivity index (χ2n) is 7.09. The summed E-state index contributed by atoms with van der Waals surface area (Å²) in [4.78, 5) is 17.2. The number of ether oxygens (including phenoxy) is 1. The average molecular weight is 443 g/mol. The highest BCUT2D eigenvalue weighted by atomic mass is 19.4. The van der Waals surface area contributed by atoms with Gasteiger partial charge in [0.05, 0.1) is 35.6 Å². The van der Waals surface area contributed by atoms with Gasteiger partial charge in [-0.2, -0.15) is 18.3 Å². The molecule has 0 saturated carbocycles. The molecule has 0 fully saturated rings. The fraction of sp³-hybridized carbons (Fsp3) is 0.227. The molecular formula is C22H20F3N5O2. The fourth-order valence-electron chi connectivity index (χ4n) is 3.46. The second kappa shape index (κ2) is 8.37. The molecule has 0 saturated heterocycles. The van der Waals surface area contributed by atoms with Gasteiger partial charge in [-0.15, -0.1) is 0 Å². The molecule has 0 unspecified atom stereocenters. The number of nitrogens with zero attached hydrogens (tertiary/aromatic N) is 4.